The van der Waals surface area contributed by atoms with E-state index < -0.39 is 28.5 Å². The van der Waals surface area contributed by atoms with Gasteiger partial charge in [-0.1, -0.05) is 72.6 Å². The molecule has 0 unspecified atom stereocenters. The lowest BCUT2D eigenvalue weighted by Crippen LogP contribution is -2.54. The lowest BCUT2D eigenvalue weighted by atomic mass is 10.0. The Balaban J connectivity index is 2.10. The van der Waals surface area contributed by atoms with Crippen molar-refractivity contribution in [2.75, 3.05) is 24.2 Å². The number of benzene rings is 3. The summed E-state index contributed by atoms with van der Waals surface area (Å²) in [6.45, 7) is 3.28. The third kappa shape index (κ3) is 9.11. The van der Waals surface area contributed by atoms with Crippen molar-refractivity contribution in [3.05, 3.63) is 94.0 Å². The smallest absolute Gasteiger partial charge is 0.244 e. The molecule has 3 rings (SSSR count). The van der Waals surface area contributed by atoms with Gasteiger partial charge < -0.3 is 15.0 Å². The number of ether oxygens (including phenoxy) is 1. The summed E-state index contributed by atoms with van der Waals surface area (Å²) in [7, 11) is -2.58. The monoisotopic (exact) mass is 619 g/mol. The van der Waals surface area contributed by atoms with Crippen molar-refractivity contribution < 1.29 is 22.7 Å². The highest BCUT2D eigenvalue weighted by Crippen LogP contribution is 2.33. The average molecular weight is 621 g/mol. The van der Waals surface area contributed by atoms with E-state index in [1.54, 1.807) is 30.3 Å². The van der Waals surface area contributed by atoms with Crippen LogP contribution in [0.4, 0.5) is 5.69 Å². The number of hydrogen-bond donors (Lipinski definition) is 1. The molecule has 41 heavy (non-hydrogen) atoms. The summed E-state index contributed by atoms with van der Waals surface area (Å²) in [5, 5.41) is 3.74. The van der Waals surface area contributed by atoms with Crippen LogP contribution in [0, 0.1) is 0 Å². The highest BCUT2D eigenvalue weighted by molar-refractivity contribution is 7.92. The van der Waals surface area contributed by atoms with Crippen LogP contribution in [0.25, 0.3) is 0 Å². The summed E-state index contributed by atoms with van der Waals surface area (Å²) >= 11 is 12.4. The van der Waals surface area contributed by atoms with Crippen LogP contribution >= 0.6 is 23.2 Å². The van der Waals surface area contributed by atoms with Crippen LogP contribution in [0.3, 0.4) is 0 Å². The van der Waals surface area contributed by atoms with Gasteiger partial charge in [-0.2, -0.15) is 0 Å². The number of nitrogens with one attached hydrogen (secondary N) is 1. The SMILES string of the molecule is CC[C@H](C)NC(=O)[C@H](Cc1ccccc1)N(Cc1cccc(Cl)c1)C(=O)CN(c1cc(Cl)ccc1OC)S(C)(=O)=O. The van der Waals surface area contributed by atoms with Crippen LogP contribution in [0.1, 0.15) is 31.4 Å². The van der Waals surface area contributed by atoms with E-state index in [1.807, 2.05) is 44.2 Å². The van der Waals surface area contributed by atoms with Crippen molar-refractivity contribution in [1.82, 2.24) is 10.2 Å². The average Bonchev–Trinajstić information content (AvgIpc) is 2.93. The third-order valence-corrected chi connectivity index (χ3v) is 8.20. The Kier molecular flexibility index (Phi) is 11.5. The molecule has 3 aromatic rings. The van der Waals surface area contributed by atoms with E-state index in [0.717, 1.165) is 16.1 Å². The number of rotatable bonds is 13. The molecule has 0 spiro atoms. The maximum atomic E-state index is 14.2. The summed E-state index contributed by atoms with van der Waals surface area (Å²) in [5.74, 6) is -0.702. The maximum Gasteiger partial charge on any atom is 0.244 e. The number of sulfonamides is 1. The predicted molar refractivity (Wildman–Crippen MR) is 164 cm³/mol. The molecule has 3 aromatic carbocycles. The van der Waals surface area contributed by atoms with Gasteiger partial charge in [0.15, 0.2) is 0 Å². The topological polar surface area (TPSA) is 96.0 Å². The number of carbonyl (C=O) groups is 2. The van der Waals surface area contributed by atoms with Gasteiger partial charge >= 0.3 is 0 Å². The summed E-state index contributed by atoms with van der Waals surface area (Å²) in [6.07, 6.45) is 1.91. The van der Waals surface area contributed by atoms with Gasteiger partial charge in [-0.3, -0.25) is 13.9 Å². The Hall–Kier alpha value is -3.27. The zero-order chi connectivity index (χ0) is 30.2. The molecular weight excluding hydrogens is 585 g/mol. The normalized spacial score (nSPS) is 12.7. The van der Waals surface area contributed by atoms with Gasteiger partial charge in [0.2, 0.25) is 21.8 Å². The molecule has 2 atom stereocenters. The molecule has 220 valence electrons. The molecule has 11 heteroatoms. The van der Waals surface area contributed by atoms with Crippen molar-refractivity contribution in [1.29, 1.82) is 0 Å². The molecule has 0 saturated heterocycles. The lowest BCUT2D eigenvalue weighted by molar-refractivity contribution is -0.140. The molecule has 0 heterocycles. The molecule has 0 aliphatic carbocycles. The quantitative estimate of drug-likeness (QED) is 0.279. The number of methoxy groups -OCH3 is 1. The fourth-order valence-corrected chi connectivity index (χ4v) is 5.50. The predicted octanol–water partition coefficient (Wildman–Crippen LogP) is 5.32. The third-order valence-electron chi connectivity index (χ3n) is 6.60. The highest BCUT2D eigenvalue weighted by Gasteiger charge is 2.34. The van der Waals surface area contributed by atoms with Gasteiger partial charge in [0.05, 0.1) is 19.1 Å². The van der Waals surface area contributed by atoms with Crippen LogP contribution in [-0.4, -0.2) is 57.1 Å². The van der Waals surface area contributed by atoms with E-state index in [1.165, 1.54) is 24.1 Å². The van der Waals surface area contributed by atoms with E-state index in [9.17, 15) is 18.0 Å². The molecule has 0 aliphatic rings. The fraction of sp³-hybridized carbons (Fsp3) is 0.333. The summed E-state index contributed by atoms with van der Waals surface area (Å²) < 4.78 is 32.3. The van der Waals surface area contributed by atoms with Crippen molar-refractivity contribution in [3.63, 3.8) is 0 Å². The van der Waals surface area contributed by atoms with E-state index in [-0.39, 0.29) is 41.4 Å². The molecule has 1 N–H and O–H groups in total. The van der Waals surface area contributed by atoms with Crippen molar-refractivity contribution in [3.8, 4) is 5.75 Å². The van der Waals surface area contributed by atoms with Crippen LogP contribution in [0.15, 0.2) is 72.8 Å². The maximum absolute atomic E-state index is 14.2. The first-order chi connectivity index (χ1) is 19.4. The second-order valence-electron chi connectivity index (χ2n) is 9.76. The minimum absolute atomic E-state index is 0.0229. The van der Waals surface area contributed by atoms with Crippen molar-refractivity contribution in [2.45, 2.75) is 45.3 Å². The molecule has 0 saturated carbocycles. The largest absolute Gasteiger partial charge is 0.495 e. The standard InChI is InChI=1S/C30H35Cl2N3O5S/c1-5-21(2)33-30(37)27(17-22-10-7-6-8-11-22)34(19-23-12-9-13-24(31)16-23)29(36)20-35(41(4,38)39)26-18-25(32)14-15-28(26)40-3/h6-16,18,21,27H,5,17,19-20H2,1-4H3,(H,33,37)/t21-,27-/m0/s1. The second kappa shape index (κ2) is 14.6. The Bertz CT molecular complexity index is 1450. The molecule has 8 nitrogen and oxygen atoms in total. The van der Waals surface area contributed by atoms with E-state index in [0.29, 0.717) is 17.0 Å². The number of nitrogens with zero attached hydrogens (tertiary/aromatic N) is 2. The summed E-state index contributed by atoms with van der Waals surface area (Å²) in [4.78, 5) is 29.3. The number of halogens is 2. The minimum atomic E-state index is -3.98. The van der Waals surface area contributed by atoms with E-state index in [2.05, 4.69) is 5.32 Å². The Morgan fingerprint density at radius 1 is 0.951 bits per heavy atom. The number of carbonyl (C=O) groups excluding carboxylic acids is 2. The number of amides is 2. The second-order valence-corrected chi connectivity index (χ2v) is 12.5. The number of hydrogen-bond acceptors (Lipinski definition) is 5. The van der Waals surface area contributed by atoms with Crippen molar-refractivity contribution in [2.24, 2.45) is 0 Å². The Morgan fingerprint density at radius 3 is 2.22 bits per heavy atom. The number of anilines is 1. The first-order valence-corrected chi connectivity index (χ1v) is 15.7. The van der Waals surface area contributed by atoms with Gasteiger partial charge in [-0.25, -0.2) is 8.42 Å². The van der Waals surface area contributed by atoms with Gasteiger partial charge in [-0.15, -0.1) is 0 Å². The zero-order valence-electron chi connectivity index (χ0n) is 23.5. The van der Waals surface area contributed by atoms with E-state index >= 15 is 0 Å². The van der Waals surface area contributed by atoms with Crippen LogP contribution in [0.2, 0.25) is 10.0 Å². The van der Waals surface area contributed by atoms with Gasteiger partial charge in [-0.05, 0) is 54.8 Å². The molecule has 0 aliphatic heterocycles. The molecule has 2 amide bonds. The van der Waals surface area contributed by atoms with Gasteiger partial charge in [0.1, 0.15) is 18.3 Å². The van der Waals surface area contributed by atoms with Crippen molar-refractivity contribution >= 4 is 50.7 Å². The highest BCUT2D eigenvalue weighted by atomic mass is 35.5. The van der Waals surface area contributed by atoms with Gasteiger partial charge in [0, 0.05) is 29.1 Å². The first kappa shape index (κ1) is 32.2. The minimum Gasteiger partial charge on any atom is -0.495 e. The fourth-order valence-electron chi connectivity index (χ4n) is 4.28. The summed E-state index contributed by atoms with van der Waals surface area (Å²) in [6, 6.07) is 19.8. The van der Waals surface area contributed by atoms with Crippen LogP contribution < -0.4 is 14.4 Å². The lowest BCUT2D eigenvalue weighted by Gasteiger charge is -2.34. The summed E-state index contributed by atoms with van der Waals surface area (Å²) in [5.41, 5.74) is 1.64. The first-order valence-electron chi connectivity index (χ1n) is 13.1. The van der Waals surface area contributed by atoms with E-state index in [4.69, 9.17) is 27.9 Å². The molecule has 0 radical (unpaired) electrons. The Morgan fingerprint density at radius 2 is 1.61 bits per heavy atom. The molecule has 0 aromatic heterocycles. The zero-order valence-corrected chi connectivity index (χ0v) is 25.8. The molecule has 0 bridgehead atoms. The van der Waals surface area contributed by atoms with Gasteiger partial charge in [0.25, 0.3) is 0 Å². The van der Waals surface area contributed by atoms with Crippen LogP contribution in [0.5, 0.6) is 5.75 Å². The molecule has 0 fully saturated rings. The molecular formula is C30H35Cl2N3O5S. The Labute approximate surface area is 252 Å². The van der Waals surface area contributed by atoms with Crippen LogP contribution in [-0.2, 0) is 32.6 Å².